The molecule has 2 aliphatic rings. The van der Waals surface area contributed by atoms with E-state index in [1.54, 1.807) is 0 Å². The van der Waals surface area contributed by atoms with Gasteiger partial charge in [0.25, 0.3) is 5.91 Å². The zero-order valence-corrected chi connectivity index (χ0v) is 12.0. The standard InChI is InChI=1S/C16H22N2O2/c1-17-11-13-6-4-9-18(13)16(19)15-14-7-3-2-5-12(14)8-10-20-15/h2-3,5,7,13,15,17H,4,6,8-11H2,1H3. The number of benzene rings is 1. The van der Waals surface area contributed by atoms with Crippen molar-refractivity contribution in [2.45, 2.75) is 31.4 Å². The molecule has 3 rings (SSSR count). The molecule has 2 heterocycles. The molecule has 0 radical (unpaired) electrons. The quantitative estimate of drug-likeness (QED) is 0.908. The summed E-state index contributed by atoms with van der Waals surface area (Å²) in [5, 5.41) is 3.18. The van der Waals surface area contributed by atoms with Crippen LogP contribution >= 0.6 is 0 Å². The Morgan fingerprint density at radius 1 is 1.45 bits per heavy atom. The second kappa shape index (κ2) is 5.94. The van der Waals surface area contributed by atoms with Gasteiger partial charge in [-0.1, -0.05) is 24.3 Å². The van der Waals surface area contributed by atoms with Gasteiger partial charge in [-0.05, 0) is 37.4 Å². The Balaban J connectivity index is 1.81. The highest BCUT2D eigenvalue weighted by atomic mass is 16.5. The number of hydrogen-bond donors (Lipinski definition) is 1. The number of carbonyl (C=O) groups is 1. The lowest BCUT2D eigenvalue weighted by atomic mass is 9.96. The number of amides is 1. The molecular formula is C16H22N2O2. The molecule has 0 aliphatic carbocycles. The molecule has 2 atom stereocenters. The van der Waals surface area contributed by atoms with Crippen LogP contribution in [0, 0.1) is 0 Å². The van der Waals surface area contributed by atoms with Crippen molar-refractivity contribution < 1.29 is 9.53 Å². The molecule has 2 aliphatic heterocycles. The lowest BCUT2D eigenvalue weighted by molar-refractivity contribution is -0.146. The maximum absolute atomic E-state index is 12.8. The number of hydrogen-bond acceptors (Lipinski definition) is 3. The molecule has 4 nitrogen and oxygen atoms in total. The summed E-state index contributed by atoms with van der Waals surface area (Å²) in [7, 11) is 1.94. The fraction of sp³-hybridized carbons (Fsp3) is 0.562. The zero-order valence-electron chi connectivity index (χ0n) is 12.0. The minimum absolute atomic E-state index is 0.134. The minimum Gasteiger partial charge on any atom is -0.363 e. The second-order valence-corrected chi connectivity index (χ2v) is 5.59. The van der Waals surface area contributed by atoms with Crippen molar-refractivity contribution in [2.75, 3.05) is 26.7 Å². The maximum atomic E-state index is 12.8. The van der Waals surface area contributed by atoms with Crippen LogP contribution in [-0.4, -0.2) is 43.6 Å². The lowest BCUT2D eigenvalue weighted by Gasteiger charge is -2.32. The minimum atomic E-state index is -0.405. The van der Waals surface area contributed by atoms with Gasteiger partial charge in [0, 0.05) is 19.1 Å². The van der Waals surface area contributed by atoms with Crippen LogP contribution in [0.1, 0.15) is 30.1 Å². The average molecular weight is 274 g/mol. The zero-order chi connectivity index (χ0) is 13.9. The fourth-order valence-electron chi connectivity index (χ4n) is 3.32. The topological polar surface area (TPSA) is 41.6 Å². The first-order valence-electron chi connectivity index (χ1n) is 7.45. The Labute approximate surface area is 120 Å². The van der Waals surface area contributed by atoms with Crippen LogP contribution in [0.25, 0.3) is 0 Å². The molecule has 0 spiro atoms. The number of nitrogens with one attached hydrogen (secondary N) is 1. The van der Waals surface area contributed by atoms with Crippen molar-refractivity contribution in [2.24, 2.45) is 0 Å². The number of rotatable bonds is 3. The van der Waals surface area contributed by atoms with Crippen molar-refractivity contribution in [3.63, 3.8) is 0 Å². The average Bonchev–Trinajstić information content (AvgIpc) is 2.94. The first-order chi connectivity index (χ1) is 9.81. The first-order valence-corrected chi connectivity index (χ1v) is 7.45. The van der Waals surface area contributed by atoms with Crippen molar-refractivity contribution in [1.29, 1.82) is 0 Å². The fourth-order valence-corrected chi connectivity index (χ4v) is 3.32. The van der Waals surface area contributed by atoms with Crippen LogP contribution in [0.4, 0.5) is 0 Å². The summed E-state index contributed by atoms with van der Waals surface area (Å²) in [6.45, 7) is 2.35. The molecule has 1 aromatic carbocycles. The van der Waals surface area contributed by atoms with Crippen LogP contribution in [0.5, 0.6) is 0 Å². The highest BCUT2D eigenvalue weighted by Crippen LogP contribution is 2.31. The number of carbonyl (C=O) groups excluding carboxylic acids is 1. The molecular weight excluding hydrogens is 252 g/mol. The second-order valence-electron chi connectivity index (χ2n) is 5.59. The number of likely N-dealkylation sites (N-methyl/N-ethyl adjacent to an activating group) is 1. The van der Waals surface area contributed by atoms with Crippen LogP contribution in [-0.2, 0) is 16.0 Å². The summed E-state index contributed by atoms with van der Waals surface area (Å²) in [6, 6.07) is 8.46. The normalized spacial score (nSPS) is 25.6. The first kappa shape index (κ1) is 13.6. The van der Waals surface area contributed by atoms with E-state index >= 15 is 0 Å². The molecule has 1 amide bonds. The van der Waals surface area contributed by atoms with Gasteiger partial charge in [0.2, 0.25) is 0 Å². The van der Waals surface area contributed by atoms with Gasteiger partial charge in [-0.3, -0.25) is 4.79 Å². The van der Waals surface area contributed by atoms with Crippen LogP contribution in [0.2, 0.25) is 0 Å². The number of ether oxygens (including phenoxy) is 1. The molecule has 1 N–H and O–H groups in total. The lowest BCUT2D eigenvalue weighted by Crippen LogP contribution is -2.44. The predicted octanol–water partition coefficient (Wildman–Crippen LogP) is 1.51. The van der Waals surface area contributed by atoms with E-state index in [-0.39, 0.29) is 5.91 Å². The predicted molar refractivity (Wildman–Crippen MR) is 77.5 cm³/mol. The molecule has 0 saturated carbocycles. The third-order valence-corrected chi connectivity index (χ3v) is 4.32. The Morgan fingerprint density at radius 2 is 2.30 bits per heavy atom. The van der Waals surface area contributed by atoms with Gasteiger partial charge in [-0.15, -0.1) is 0 Å². The molecule has 0 bridgehead atoms. The van der Waals surface area contributed by atoms with E-state index in [4.69, 9.17) is 4.74 Å². The van der Waals surface area contributed by atoms with Crippen molar-refractivity contribution in [1.82, 2.24) is 10.2 Å². The highest BCUT2D eigenvalue weighted by molar-refractivity contribution is 5.83. The third kappa shape index (κ3) is 2.45. The summed E-state index contributed by atoms with van der Waals surface area (Å²) < 4.78 is 5.79. The summed E-state index contributed by atoms with van der Waals surface area (Å²) >= 11 is 0. The van der Waals surface area contributed by atoms with Crippen LogP contribution in [0.15, 0.2) is 24.3 Å². The van der Waals surface area contributed by atoms with Gasteiger partial charge in [-0.25, -0.2) is 0 Å². The summed E-state index contributed by atoms with van der Waals surface area (Å²) in [5.74, 6) is 0.134. The van der Waals surface area contributed by atoms with Gasteiger partial charge in [0.1, 0.15) is 0 Å². The summed E-state index contributed by atoms with van der Waals surface area (Å²) in [6.07, 6.45) is 2.67. The SMILES string of the molecule is CNCC1CCCN1C(=O)C1OCCc2ccccc21. The van der Waals surface area contributed by atoms with Gasteiger partial charge in [-0.2, -0.15) is 0 Å². The Hall–Kier alpha value is -1.39. The van der Waals surface area contributed by atoms with E-state index in [1.807, 2.05) is 30.1 Å². The van der Waals surface area contributed by atoms with Gasteiger partial charge < -0.3 is 15.0 Å². The largest absolute Gasteiger partial charge is 0.363 e. The Bertz CT molecular complexity index is 489. The summed E-state index contributed by atoms with van der Waals surface area (Å²) in [4.78, 5) is 14.8. The molecule has 108 valence electrons. The molecule has 1 fully saturated rings. The van der Waals surface area contributed by atoms with E-state index in [9.17, 15) is 4.79 Å². The Morgan fingerprint density at radius 3 is 3.15 bits per heavy atom. The van der Waals surface area contributed by atoms with Crippen molar-refractivity contribution in [3.8, 4) is 0 Å². The third-order valence-electron chi connectivity index (χ3n) is 4.32. The number of fused-ring (bicyclic) bond motifs is 1. The van der Waals surface area contributed by atoms with E-state index in [2.05, 4.69) is 11.4 Å². The molecule has 1 aromatic rings. The molecule has 0 aromatic heterocycles. The van der Waals surface area contributed by atoms with Gasteiger partial charge in [0.15, 0.2) is 6.10 Å². The van der Waals surface area contributed by atoms with Gasteiger partial charge in [0.05, 0.1) is 6.61 Å². The van der Waals surface area contributed by atoms with E-state index in [0.29, 0.717) is 12.6 Å². The van der Waals surface area contributed by atoms with E-state index < -0.39 is 6.10 Å². The monoisotopic (exact) mass is 274 g/mol. The molecule has 1 saturated heterocycles. The van der Waals surface area contributed by atoms with E-state index in [0.717, 1.165) is 37.9 Å². The molecule has 20 heavy (non-hydrogen) atoms. The summed E-state index contributed by atoms with van der Waals surface area (Å²) in [5.41, 5.74) is 2.31. The van der Waals surface area contributed by atoms with Crippen LogP contribution < -0.4 is 5.32 Å². The number of nitrogens with zero attached hydrogens (tertiary/aromatic N) is 1. The molecule has 2 unspecified atom stereocenters. The Kier molecular flexibility index (Phi) is 4.03. The number of likely N-dealkylation sites (tertiary alicyclic amines) is 1. The van der Waals surface area contributed by atoms with Crippen molar-refractivity contribution in [3.05, 3.63) is 35.4 Å². The van der Waals surface area contributed by atoms with Gasteiger partial charge >= 0.3 is 0 Å². The van der Waals surface area contributed by atoms with Crippen LogP contribution in [0.3, 0.4) is 0 Å². The smallest absolute Gasteiger partial charge is 0.256 e. The maximum Gasteiger partial charge on any atom is 0.256 e. The molecule has 4 heteroatoms. The van der Waals surface area contributed by atoms with Crippen molar-refractivity contribution >= 4 is 5.91 Å². The highest BCUT2D eigenvalue weighted by Gasteiger charge is 2.36. The van der Waals surface area contributed by atoms with E-state index in [1.165, 1.54) is 5.56 Å².